The molecule has 9 heavy (non-hydrogen) atoms. The molecular weight excluding hydrogens is 124 g/mol. The minimum absolute atomic E-state index is 1.23. The molecule has 0 aromatic carbocycles. The van der Waals surface area contributed by atoms with Crippen LogP contribution in [0.5, 0.6) is 0 Å². The van der Waals surface area contributed by atoms with Crippen LogP contribution in [0.4, 0.5) is 0 Å². The lowest BCUT2D eigenvalue weighted by atomic mass is 10.0. The summed E-state index contributed by atoms with van der Waals surface area (Å²) in [6.45, 7) is 2.46. The van der Waals surface area contributed by atoms with E-state index in [9.17, 15) is 4.79 Å². The maximum absolute atomic E-state index is 9.94. The molecule has 0 amide bonds. The van der Waals surface area contributed by atoms with Crippen molar-refractivity contribution in [1.29, 1.82) is 0 Å². The van der Waals surface area contributed by atoms with Crippen molar-refractivity contribution in [3.63, 3.8) is 0 Å². The number of aliphatic hydroxyl groups excluding tert-OH is 1. The molecule has 0 aliphatic heterocycles. The fourth-order valence-corrected chi connectivity index (χ4v) is 0.302. The van der Waals surface area contributed by atoms with Gasteiger partial charge >= 0.3 is 5.97 Å². The van der Waals surface area contributed by atoms with Gasteiger partial charge in [0.15, 0.2) is 6.10 Å². The molecule has 1 atom stereocenters. The van der Waals surface area contributed by atoms with Gasteiger partial charge in [-0.2, -0.15) is 0 Å². The standard InChI is InChI=1S/C5H10O4/c1-5(2,9)3(6)4(7)8/h3,6,9H,1-2H3,(H,7,8). The Hall–Kier alpha value is -0.610. The van der Waals surface area contributed by atoms with E-state index >= 15 is 0 Å². The molecule has 1 unspecified atom stereocenters. The van der Waals surface area contributed by atoms with Gasteiger partial charge in [-0.3, -0.25) is 0 Å². The van der Waals surface area contributed by atoms with E-state index in [2.05, 4.69) is 0 Å². The van der Waals surface area contributed by atoms with E-state index in [0.29, 0.717) is 0 Å². The molecule has 0 aromatic rings. The quantitative estimate of drug-likeness (QED) is 0.462. The van der Waals surface area contributed by atoms with Gasteiger partial charge in [0.25, 0.3) is 0 Å². The molecule has 0 spiro atoms. The van der Waals surface area contributed by atoms with Crippen molar-refractivity contribution in [3.05, 3.63) is 0 Å². The number of carboxylic acids is 1. The molecule has 0 aliphatic rings. The van der Waals surface area contributed by atoms with Crippen LogP contribution in [0.1, 0.15) is 13.8 Å². The van der Waals surface area contributed by atoms with Gasteiger partial charge < -0.3 is 15.3 Å². The molecule has 3 N–H and O–H groups in total. The van der Waals surface area contributed by atoms with Crippen LogP contribution in [0, 0.1) is 0 Å². The Balaban J connectivity index is 4.04. The van der Waals surface area contributed by atoms with Crippen LogP contribution in [0.2, 0.25) is 0 Å². The highest BCUT2D eigenvalue weighted by molar-refractivity contribution is 5.73. The van der Waals surface area contributed by atoms with Crippen LogP contribution in [0.25, 0.3) is 0 Å². The van der Waals surface area contributed by atoms with Crippen molar-refractivity contribution in [3.8, 4) is 0 Å². The lowest BCUT2D eigenvalue weighted by molar-refractivity contribution is -0.159. The van der Waals surface area contributed by atoms with Gasteiger partial charge in [-0.15, -0.1) is 0 Å². The average molecular weight is 134 g/mol. The zero-order valence-corrected chi connectivity index (χ0v) is 5.33. The summed E-state index contributed by atoms with van der Waals surface area (Å²) < 4.78 is 0. The van der Waals surface area contributed by atoms with Gasteiger partial charge in [-0.05, 0) is 13.8 Å². The van der Waals surface area contributed by atoms with Crippen molar-refractivity contribution in [2.75, 3.05) is 0 Å². The summed E-state index contributed by atoms with van der Waals surface area (Å²) in [7, 11) is 0. The molecule has 0 fully saturated rings. The molecule has 54 valence electrons. The zero-order chi connectivity index (χ0) is 7.65. The highest BCUT2D eigenvalue weighted by Crippen LogP contribution is 2.07. The van der Waals surface area contributed by atoms with Crippen molar-refractivity contribution < 1.29 is 20.1 Å². The second-order valence-electron chi connectivity index (χ2n) is 2.39. The fraction of sp³-hybridized carbons (Fsp3) is 0.800. The van der Waals surface area contributed by atoms with E-state index in [1.165, 1.54) is 13.8 Å². The number of hydrogen-bond donors (Lipinski definition) is 3. The third-order valence-corrected chi connectivity index (χ3v) is 0.903. The van der Waals surface area contributed by atoms with Crippen LogP contribution in [-0.2, 0) is 4.79 Å². The summed E-state index contributed by atoms with van der Waals surface area (Å²) >= 11 is 0. The molecule has 0 saturated carbocycles. The van der Waals surface area contributed by atoms with Gasteiger partial charge in [-0.1, -0.05) is 0 Å². The maximum atomic E-state index is 9.94. The first-order chi connectivity index (χ1) is 3.85. The Morgan fingerprint density at radius 3 is 1.89 bits per heavy atom. The Bertz CT molecular complexity index is 113. The first kappa shape index (κ1) is 8.39. The first-order valence-corrected chi connectivity index (χ1v) is 2.49. The van der Waals surface area contributed by atoms with Crippen LogP contribution >= 0.6 is 0 Å². The fourth-order valence-electron chi connectivity index (χ4n) is 0.302. The van der Waals surface area contributed by atoms with Crippen LogP contribution in [-0.4, -0.2) is 33.0 Å². The van der Waals surface area contributed by atoms with Crippen molar-refractivity contribution >= 4 is 5.97 Å². The third kappa shape index (κ3) is 2.43. The highest BCUT2D eigenvalue weighted by Gasteiger charge is 2.30. The molecule has 0 heterocycles. The van der Waals surface area contributed by atoms with E-state index in [1.807, 2.05) is 0 Å². The molecule has 4 heteroatoms. The monoisotopic (exact) mass is 134 g/mol. The van der Waals surface area contributed by atoms with Crippen molar-refractivity contribution in [2.45, 2.75) is 25.6 Å². The topological polar surface area (TPSA) is 77.8 Å². The lowest BCUT2D eigenvalue weighted by Gasteiger charge is -2.19. The summed E-state index contributed by atoms with van der Waals surface area (Å²) in [6.07, 6.45) is -1.71. The van der Waals surface area contributed by atoms with E-state index in [0.717, 1.165) is 0 Å². The Kier molecular flexibility index (Phi) is 2.17. The van der Waals surface area contributed by atoms with Gasteiger partial charge in [0.2, 0.25) is 0 Å². The Morgan fingerprint density at radius 2 is 1.89 bits per heavy atom. The summed E-state index contributed by atoms with van der Waals surface area (Å²) in [6, 6.07) is 0. The summed E-state index contributed by atoms with van der Waals surface area (Å²) in [5.41, 5.74) is -1.56. The van der Waals surface area contributed by atoms with Gasteiger partial charge in [-0.25, -0.2) is 4.79 Å². The van der Waals surface area contributed by atoms with E-state index < -0.39 is 17.7 Å². The predicted molar refractivity (Wildman–Crippen MR) is 29.9 cm³/mol. The number of carboxylic acid groups (broad SMARTS) is 1. The molecule has 4 nitrogen and oxygen atoms in total. The van der Waals surface area contributed by atoms with E-state index in [4.69, 9.17) is 15.3 Å². The average Bonchev–Trinajstić information content (AvgIpc) is 1.62. The maximum Gasteiger partial charge on any atom is 0.335 e. The molecule has 0 aliphatic carbocycles. The summed E-state index contributed by atoms with van der Waals surface area (Å²) in [4.78, 5) is 9.94. The molecule has 0 bridgehead atoms. The van der Waals surface area contributed by atoms with Crippen LogP contribution < -0.4 is 0 Å². The number of carbonyl (C=O) groups is 1. The molecular formula is C5H10O4. The zero-order valence-electron chi connectivity index (χ0n) is 5.33. The molecule has 0 radical (unpaired) electrons. The second kappa shape index (κ2) is 2.33. The molecule has 0 rings (SSSR count). The van der Waals surface area contributed by atoms with Crippen LogP contribution in [0.15, 0.2) is 0 Å². The molecule has 0 aromatic heterocycles. The normalized spacial score (nSPS) is 15.1. The minimum Gasteiger partial charge on any atom is -0.479 e. The largest absolute Gasteiger partial charge is 0.479 e. The van der Waals surface area contributed by atoms with Crippen LogP contribution in [0.3, 0.4) is 0 Å². The number of aliphatic carboxylic acids is 1. The Morgan fingerprint density at radius 1 is 1.56 bits per heavy atom. The number of aliphatic hydroxyl groups is 2. The number of rotatable bonds is 2. The number of hydrogen-bond acceptors (Lipinski definition) is 3. The summed E-state index contributed by atoms with van der Waals surface area (Å²) in [5.74, 6) is -1.41. The Labute approximate surface area is 52.7 Å². The lowest BCUT2D eigenvalue weighted by Crippen LogP contribution is -2.41. The van der Waals surface area contributed by atoms with E-state index in [-0.39, 0.29) is 0 Å². The van der Waals surface area contributed by atoms with Gasteiger partial charge in [0.05, 0.1) is 5.60 Å². The first-order valence-electron chi connectivity index (χ1n) is 2.49. The smallest absolute Gasteiger partial charge is 0.335 e. The third-order valence-electron chi connectivity index (χ3n) is 0.903. The highest BCUT2D eigenvalue weighted by atomic mass is 16.4. The van der Waals surface area contributed by atoms with Gasteiger partial charge in [0.1, 0.15) is 0 Å². The molecule has 0 saturated heterocycles. The SMILES string of the molecule is CC(C)(O)C(O)C(=O)O. The predicted octanol–water partition coefficient (Wildman–Crippen LogP) is -0.797. The second-order valence-corrected chi connectivity index (χ2v) is 2.39. The summed E-state index contributed by atoms with van der Waals surface area (Å²) in [5, 5.41) is 25.5. The van der Waals surface area contributed by atoms with Crippen molar-refractivity contribution in [1.82, 2.24) is 0 Å². The minimum atomic E-state index is -1.71. The van der Waals surface area contributed by atoms with Gasteiger partial charge in [0, 0.05) is 0 Å². The van der Waals surface area contributed by atoms with E-state index in [1.54, 1.807) is 0 Å². The van der Waals surface area contributed by atoms with Crippen molar-refractivity contribution in [2.24, 2.45) is 0 Å².